The van der Waals surface area contributed by atoms with Crippen molar-refractivity contribution in [2.45, 2.75) is 0 Å². The van der Waals surface area contributed by atoms with Crippen LogP contribution in [0, 0.1) is 0 Å². The molecule has 0 unspecified atom stereocenters. The van der Waals surface area contributed by atoms with E-state index < -0.39 is 0 Å². The van der Waals surface area contributed by atoms with Crippen LogP contribution in [0.3, 0.4) is 0 Å². The Kier molecular flexibility index (Phi) is 42.0. The Morgan fingerprint density at radius 1 is 1.17 bits per heavy atom. The summed E-state index contributed by atoms with van der Waals surface area (Å²) in [5.74, 6) is 0. The van der Waals surface area contributed by atoms with Gasteiger partial charge in [0.25, 0.3) is 0 Å². The minimum atomic E-state index is 0. The average Bonchev–Trinajstić information content (AvgIpc) is 1.37. The molecule has 6 heavy (non-hydrogen) atoms. The first-order valence-electron chi connectivity index (χ1n) is 1.32. The minimum Gasteiger partial charge on any atom is -1.00 e. The van der Waals surface area contributed by atoms with Crippen molar-refractivity contribution in [2.24, 2.45) is 11.5 Å². The summed E-state index contributed by atoms with van der Waals surface area (Å²) in [4.78, 5) is 0. The molecule has 0 aromatic rings. The summed E-state index contributed by atoms with van der Waals surface area (Å²) in [6, 6.07) is 0. The first-order valence-corrected chi connectivity index (χ1v) is 1.32. The first kappa shape index (κ1) is 15.7. The van der Waals surface area contributed by atoms with Gasteiger partial charge in [-0.25, -0.2) is 0 Å². The largest absolute Gasteiger partial charge is 1.00 e. The first-order chi connectivity index (χ1) is 1.91. The topological polar surface area (TPSA) is 52.0 Å². The van der Waals surface area contributed by atoms with E-state index in [1.54, 1.807) is 0 Å². The molecule has 0 bridgehead atoms. The van der Waals surface area contributed by atoms with Crippen molar-refractivity contribution in [3.63, 3.8) is 0 Å². The van der Waals surface area contributed by atoms with Crippen molar-refractivity contribution in [2.75, 3.05) is 13.1 Å². The van der Waals surface area contributed by atoms with Gasteiger partial charge >= 0.3 is 29.6 Å². The van der Waals surface area contributed by atoms with Crippen molar-refractivity contribution in [3.8, 4) is 0 Å². The second kappa shape index (κ2) is 16.1. The summed E-state index contributed by atoms with van der Waals surface area (Å²) >= 11 is 0. The normalized spacial score (nSPS) is 5.00. The van der Waals surface area contributed by atoms with E-state index in [4.69, 9.17) is 11.5 Å². The standard InChI is InChI=1S/C2H8N2.Cu.Na.H/c3-1-2-4;;;/h1-4H2;;;/q;;+1;-1. The molecule has 0 atom stereocenters. The van der Waals surface area contributed by atoms with Crippen LogP contribution < -0.4 is 41.0 Å². The molecule has 0 aliphatic heterocycles. The van der Waals surface area contributed by atoms with Crippen LogP contribution >= 0.6 is 0 Å². The molecule has 2 nitrogen and oxygen atoms in total. The molecule has 4 heteroatoms. The molecular formula is C2H9CuN2Na. The molecular weight excluding hydrogens is 139 g/mol. The minimum absolute atomic E-state index is 0. The van der Waals surface area contributed by atoms with Crippen LogP contribution in [0.2, 0.25) is 0 Å². The summed E-state index contributed by atoms with van der Waals surface area (Å²) in [7, 11) is 0. The van der Waals surface area contributed by atoms with Crippen LogP contribution in [0.4, 0.5) is 0 Å². The van der Waals surface area contributed by atoms with Gasteiger partial charge in [-0.1, -0.05) is 0 Å². The van der Waals surface area contributed by atoms with Gasteiger partial charge in [0.15, 0.2) is 0 Å². The summed E-state index contributed by atoms with van der Waals surface area (Å²) in [5.41, 5.74) is 9.81. The number of nitrogens with two attached hydrogens (primary N) is 2. The van der Waals surface area contributed by atoms with Gasteiger partial charge in [0, 0.05) is 30.2 Å². The molecule has 4 N–H and O–H groups in total. The molecule has 0 aromatic heterocycles. The van der Waals surface area contributed by atoms with Crippen molar-refractivity contribution in [1.29, 1.82) is 0 Å². The van der Waals surface area contributed by atoms with Crippen molar-refractivity contribution < 1.29 is 48.1 Å². The van der Waals surface area contributed by atoms with Gasteiger partial charge in [-0.2, -0.15) is 0 Å². The molecule has 0 rings (SSSR count). The van der Waals surface area contributed by atoms with E-state index in [0.717, 1.165) is 0 Å². The molecule has 39 valence electrons. The third-order valence-corrected chi connectivity index (χ3v) is 0.167. The Balaban J connectivity index is -0.0000000150. The van der Waals surface area contributed by atoms with Gasteiger partial charge in [0.05, 0.1) is 0 Å². The van der Waals surface area contributed by atoms with E-state index >= 15 is 0 Å². The number of hydrogen-bond donors (Lipinski definition) is 2. The van der Waals surface area contributed by atoms with E-state index in [1.807, 2.05) is 0 Å². The molecule has 0 heterocycles. The molecule has 0 saturated carbocycles. The third kappa shape index (κ3) is 18.0. The Hall–Kier alpha value is 1.44. The number of rotatable bonds is 1. The fourth-order valence-corrected chi connectivity index (χ4v) is 0. The zero-order valence-electron chi connectivity index (χ0n) is 4.87. The van der Waals surface area contributed by atoms with Crippen LogP contribution in [0.15, 0.2) is 0 Å². The zero-order chi connectivity index (χ0) is 3.41. The van der Waals surface area contributed by atoms with Gasteiger partial charge in [0.1, 0.15) is 0 Å². The van der Waals surface area contributed by atoms with Crippen LogP contribution in [-0.4, -0.2) is 13.1 Å². The summed E-state index contributed by atoms with van der Waals surface area (Å²) in [5, 5.41) is 0. The monoisotopic (exact) mass is 147 g/mol. The molecule has 1 radical (unpaired) electrons. The number of hydrogen-bond acceptors (Lipinski definition) is 2. The van der Waals surface area contributed by atoms with Gasteiger partial charge < -0.3 is 12.9 Å². The Morgan fingerprint density at radius 3 is 1.33 bits per heavy atom. The van der Waals surface area contributed by atoms with Crippen LogP contribution in [0.25, 0.3) is 0 Å². The van der Waals surface area contributed by atoms with Gasteiger partial charge in [-0.05, 0) is 0 Å². The summed E-state index contributed by atoms with van der Waals surface area (Å²) < 4.78 is 0. The van der Waals surface area contributed by atoms with Crippen LogP contribution in [0.5, 0.6) is 0 Å². The van der Waals surface area contributed by atoms with E-state index in [-0.39, 0.29) is 48.1 Å². The van der Waals surface area contributed by atoms with Crippen molar-refractivity contribution in [3.05, 3.63) is 0 Å². The molecule has 0 amide bonds. The van der Waals surface area contributed by atoms with Crippen molar-refractivity contribution >= 4 is 0 Å². The van der Waals surface area contributed by atoms with Gasteiger partial charge in [-0.15, -0.1) is 0 Å². The third-order valence-electron chi connectivity index (χ3n) is 0.167. The van der Waals surface area contributed by atoms with E-state index in [1.165, 1.54) is 0 Å². The maximum atomic E-state index is 4.90. The fraction of sp³-hybridized carbons (Fsp3) is 1.00. The smallest absolute Gasteiger partial charge is 1.00 e. The van der Waals surface area contributed by atoms with E-state index in [2.05, 4.69) is 0 Å². The van der Waals surface area contributed by atoms with Gasteiger partial charge in [-0.3, -0.25) is 0 Å². The Bertz CT molecular complexity index is 17.7. The Labute approximate surface area is 72.3 Å². The molecule has 0 aliphatic rings. The maximum Gasteiger partial charge on any atom is 1.00 e. The Morgan fingerprint density at radius 2 is 1.33 bits per heavy atom. The quantitative estimate of drug-likeness (QED) is 0.372. The van der Waals surface area contributed by atoms with Crippen LogP contribution in [-0.2, 0) is 17.1 Å². The van der Waals surface area contributed by atoms with Crippen molar-refractivity contribution in [1.82, 2.24) is 0 Å². The second-order valence-electron chi connectivity index (χ2n) is 0.577. The van der Waals surface area contributed by atoms with Crippen LogP contribution in [0.1, 0.15) is 1.43 Å². The van der Waals surface area contributed by atoms with E-state index in [9.17, 15) is 0 Å². The predicted octanol–water partition coefficient (Wildman–Crippen LogP) is -3.98. The zero-order valence-corrected chi connectivity index (χ0v) is 6.81. The summed E-state index contributed by atoms with van der Waals surface area (Å²) in [6.45, 7) is 1.19. The van der Waals surface area contributed by atoms with Gasteiger partial charge in [0.2, 0.25) is 0 Å². The molecule has 0 spiro atoms. The SMILES string of the molecule is NCCN.[Cu].[H-].[Na+]. The fourth-order valence-electron chi connectivity index (χ4n) is 0. The molecule has 0 saturated heterocycles. The van der Waals surface area contributed by atoms with E-state index in [0.29, 0.717) is 13.1 Å². The predicted molar refractivity (Wildman–Crippen MR) is 19.2 cm³/mol. The summed E-state index contributed by atoms with van der Waals surface area (Å²) in [6.07, 6.45) is 0. The molecule has 0 aliphatic carbocycles. The molecule has 0 aromatic carbocycles. The second-order valence-corrected chi connectivity index (χ2v) is 0.577. The average molecular weight is 148 g/mol. The maximum absolute atomic E-state index is 4.90. The molecule has 0 fully saturated rings.